The van der Waals surface area contributed by atoms with Gasteiger partial charge in [0.15, 0.2) is 0 Å². The van der Waals surface area contributed by atoms with Crippen LogP contribution in [0.3, 0.4) is 0 Å². The smallest absolute Gasteiger partial charge is 0.408 e. The third-order valence-electron chi connectivity index (χ3n) is 10.2. The molecular weight excluding hydrogens is 745 g/mol. The molecule has 2 aliphatic heterocycles. The fraction of sp³-hybridized carbons (Fsp3) is 0.0980. The number of nitrogens with one attached hydrogen (secondary N) is 4. The first kappa shape index (κ1) is 37.8. The van der Waals surface area contributed by atoms with Gasteiger partial charge in [0, 0.05) is 50.0 Å². The van der Waals surface area contributed by atoms with Gasteiger partial charge in [-0.05, 0) is 104 Å². The van der Waals surface area contributed by atoms with Crippen molar-refractivity contribution < 1.29 is 14.3 Å². The summed E-state index contributed by atoms with van der Waals surface area (Å²) in [5.41, 5.74) is 14.6. The highest BCUT2D eigenvalue weighted by atomic mass is 16.6. The molecule has 9 nitrogen and oxygen atoms in total. The number of amides is 2. The lowest BCUT2D eigenvalue weighted by atomic mass is 10.0. The van der Waals surface area contributed by atoms with E-state index >= 15 is 0 Å². The summed E-state index contributed by atoms with van der Waals surface area (Å²) >= 11 is 0. The van der Waals surface area contributed by atoms with Crippen LogP contribution in [0.25, 0.3) is 90.9 Å². The van der Waals surface area contributed by atoms with Gasteiger partial charge in [-0.15, -0.1) is 0 Å². The second-order valence-corrected chi connectivity index (χ2v) is 15.6. The molecule has 0 fully saturated rings. The number of hydrogen-bond acceptors (Lipinski definition) is 5. The SMILES string of the molecule is CC(C)(C)OC(=O)NCC(=O)Nc1ccc(-c2c3nc(c(-c4ccccc4)c4ccc([nH]4)c(-c4ccccc4)c4nc(c(-c5ccccc5)c5ccc2[nH]5)C=C4)C=C3)cc1. The highest BCUT2D eigenvalue weighted by Crippen LogP contribution is 2.38. The maximum atomic E-state index is 12.8. The molecule has 2 amide bonds. The van der Waals surface area contributed by atoms with Crippen LogP contribution in [0.15, 0.2) is 140 Å². The number of H-pyrrole nitrogens is 2. The molecule has 8 bridgehead atoms. The van der Waals surface area contributed by atoms with E-state index in [-0.39, 0.29) is 12.5 Å². The van der Waals surface area contributed by atoms with Crippen LogP contribution in [-0.2, 0) is 9.53 Å². The molecule has 60 heavy (non-hydrogen) atoms. The Kier molecular flexibility index (Phi) is 9.99. The quantitative estimate of drug-likeness (QED) is 0.128. The number of carbonyl (C=O) groups excluding carboxylic acids is 2. The van der Waals surface area contributed by atoms with E-state index in [0.29, 0.717) is 5.69 Å². The predicted octanol–water partition coefficient (Wildman–Crippen LogP) is 11.8. The molecule has 0 saturated heterocycles. The van der Waals surface area contributed by atoms with E-state index in [1.807, 2.05) is 66.7 Å². The highest BCUT2D eigenvalue weighted by Gasteiger charge is 2.20. The van der Waals surface area contributed by atoms with Crippen molar-refractivity contribution >= 4 is 64.1 Å². The molecule has 0 spiro atoms. The van der Waals surface area contributed by atoms with Crippen molar-refractivity contribution in [2.24, 2.45) is 0 Å². The summed E-state index contributed by atoms with van der Waals surface area (Å²) in [7, 11) is 0. The maximum absolute atomic E-state index is 12.8. The lowest BCUT2D eigenvalue weighted by molar-refractivity contribution is -0.115. The zero-order valence-corrected chi connectivity index (χ0v) is 33.4. The van der Waals surface area contributed by atoms with Crippen molar-refractivity contribution in [2.45, 2.75) is 26.4 Å². The average molecular weight is 787 g/mol. The second kappa shape index (κ2) is 15.9. The standard InChI is InChI=1S/C51H42N6O3/c1-51(2,3)60-50(59)52-31-45(58)53-36-21-19-35(20-22-36)49-43-29-27-41(56-43)47(33-15-9-5-10-16-33)39-25-23-37(54-39)46(32-13-7-4-8-14-32)38-24-26-40(55-38)48(34-17-11-6-12-18-34)42-28-30-44(49)57-42/h4-30,54,57H,31H2,1-3H3,(H,52,59)(H,53,58). The first-order valence-corrected chi connectivity index (χ1v) is 19.9. The van der Waals surface area contributed by atoms with Gasteiger partial charge in [-0.3, -0.25) is 4.79 Å². The molecule has 0 unspecified atom stereocenters. The van der Waals surface area contributed by atoms with Crippen molar-refractivity contribution in [1.29, 1.82) is 0 Å². The maximum Gasteiger partial charge on any atom is 0.408 e. The number of alkyl carbamates (subject to hydrolysis) is 1. The first-order valence-electron chi connectivity index (χ1n) is 19.9. The molecular formula is C51H42N6O3. The summed E-state index contributed by atoms with van der Waals surface area (Å²) in [6, 6.07) is 47.0. The third-order valence-corrected chi connectivity index (χ3v) is 10.2. The van der Waals surface area contributed by atoms with Crippen LogP contribution in [0.1, 0.15) is 43.5 Å². The zero-order chi connectivity index (χ0) is 41.2. The Bertz CT molecular complexity index is 2940. The van der Waals surface area contributed by atoms with E-state index in [0.717, 1.165) is 89.4 Å². The molecule has 9 heteroatoms. The summed E-state index contributed by atoms with van der Waals surface area (Å²) in [4.78, 5) is 43.2. The van der Waals surface area contributed by atoms with Gasteiger partial charge in [0.25, 0.3) is 0 Å². The van der Waals surface area contributed by atoms with Crippen molar-refractivity contribution in [3.05, 3.63) is 162 Å². The topological polar surface area (TPSA) is 125 Å². The van der Waals surface area contributed by atoms with Crippen LogP contribution in [0.4, 0.5) is 10.5 Å². The molecule has 0 radical (unpaired) electrons. The van der Waals surface area contributed by atoms with E-state index in [1.165, 1.54) is 0 Å². The molecule has 0 atom stereocenters. The minimum absolute atomic E-state index is 0.229. The number of aromatic amines is 2. The van der Waals surface area contributed by atoms with Crippen LogP contribution in [0, 0.1) is 0 Å². The molecule has 294 valence electrons. The Morgan fingerprint density at radius 1 is 0.500 bits per heavy atom. The molecule has 0 aliphatic carbocycles. The van der Waals surface area contributed by atoms with Crippen molar-refractivity contribution in [3.63, 3.8) is 0 Å². The fourth-order valence-electron chi connectivity index (χ4n) is 7.63. The molecule has 2 aliphatic rings. The van der Waals surface area contributed by atoms with Crippen LogP contribution < -0.4 is 10.6 Å². The zero-order valence-electron chi connectivity index (χ0n) is 33.4. The van der Waals surface area contributed by atoms with Gasteiger partial charge in [-0.2, -0.15) is 0 Å². The molecule has 0 saturated carbocycles. The molecule has 9 rings (SSSR count). The lowest BCUT2D eigenvalue weighted by Gasteiger charge is -2.19. The van der Waals surface area contributed by atoms with Crippen LogP contribution in [0.5, 0.6) is 0 Å². The number of aromatic nitrogens is 4. The molecule has 4 aromatic carbocycles. The number of hydrogen-bond donors (Lipinski definition) is 4. The van der Waals surface area contributed by atoms with E-state index < -0.39 is 11.7 Å². The summed E-state index contributed by atoms with van der Waals surface area (Å²) in [6.45, 7) is 5.08. The number of nitrogens with zero attached hydrogens (tertiary/aromatic N) is 2. The minimum atomic E-state index is -0.668. The lowest BCUT2D eigenvalue weighted by Crippen LogP contribution is -2.37. The van der Waals surface area contributed by atoms with Crippen LogP contribution in [0.2, 0.25) is 0 Å². The van der Waals surface area contributed by atoms with Crippen LogP contribution >= 0.6 is 0 Å². The number of benzene rings is 4. The summed E-state index contributed by atoms with van der Waals surface area (Å²) in [6.07, 6.45) is 7.66. The number of carbonyl (C=O) groups is 2. The molecule has 4 N–H and O–H groups in total. The third kappa shape index (κ3) is 7.88. The summed E-state index contributed by atoms with van der Waals surface area (Å²) in [5.74, 6) is -0.375. The van der Waals surface area contributed by atoms with Gasteiger partial charge >= 0.3 is 6.09 Å². The van der Waals surface area contributed by atoms with E-state index in [2.05, 4.69) is 118 Å². The second-order valence-electron chi connectivity index (χ2n) is 15.6. The Hall–Kier alpha value is -7.78. The molecule has 3 aromatic heterocycles. The van der Waals surface area contributed by atoms with Crippen molar-refractivity contribution in [2.75, 3.05) is 11.9 Å². The Labute approximate surface area is 347 Å². The van der Waals surface area contributed by atoms with E-state index in [9.17, 15) is 9.59 Å². The monoisotopic (exact) mass is 786 g/mol. The number of fused-ring (bicyclic) bond motifs is 8. The summed E-state index contributed by atoms with van der Waals surface area (Å²) in [5, 5.41) is 5.39. The van der Waals surface area contributed by atoms with E-state index in [1.54, 1.807) is 20.8 Å². The van der Waals surface area contributed by atoms with Crippen molar-refractivity contribution in [1.82, 2.24) is 25.3 Å². The molecule has 7 aromatic rings. The Morgan fingerprint density at radius 3 is 1.20 bits per heavy atom. The van der Waals surface area contributed by atoms with Gasteiger partial charge in [-0.25, -0.2) is 14.8 Å². The van der Waals surface area contributed by atoms with Crippen molar-refractivity contribution in [3.8, 4) is 44.5 Å². The first-order chi connectivity index (χ1) is 29.2. The Morgan fingerprint density at radius 2 is 0.850 bits per heavy atom. The normalized spacial score (nSPS) is 12.0. The number of rotatable bonds is 7. The van der Waals surface area contributed by atoms with E-state index in [4.69, 9.17) is 14.7 Å². The van der Waals surface area contributed by atoms with Gasteiger partial charge < -0.3 is 25.3 Å². The summed E-state index contributed by atoms with van der Waals surface area (Å²) < 4.78 is 5.27. The van der Waals surface area contributed by atoms with Gasteiger partial charge in [-0.1, -0.05) is 103 Å². The van der Waals surface area contributed by atoms with Crippen LogP contribution in [-0.4, -0.2) is 44.1 Å². The number of ether oxygens (including phenoxy) is 1. The number of anilines is 1. The average Bonchev–Trinajstić information content (AvgIpc) is 4.10. The minimum Gasteiger partial charge on any atom is -0.444 e. The van der Waals surface area contributed by atoms with Gasteiger partial charge in [0.1, 0.15) is 12.1 Å². The predicted molar refractivity (Wildman–Crippen MR) is 243 cm³/mol. The van der Waals surface area contributed by atoms with Gasteiger partial charge in [0.05, 0.1) is 22.8 Å². The van der Waals surface area contributed by atoms with Gasteiger partial charge in [0.2, 0.25) is 5.91 Å². The largest absolute Gasteiger partial charge is 0.444 e. The molecule has 5 heterocycles. The fourth-order valence-corrected chi connectivity index (χ4v) is 7.63. The highest BCUT2D eigenvalue weighted by molar-refractivity contribution is 6.00. The Balaban J connectivity index is 1.26.